The van der Waals surface area contributed by atoms with E-state index in [4.69, 9.17) is 16.7 Å². The van der Waals surface area contributed by atoms with Gasteiger partial charge < -0.3 is 5.11 Å². The van der Waals surface area contributed by atoms with Gasteiger partial charge in [-0.1, -0.05) is 54.9 Å². The molecule has 1 aliphatic heterocycles. The lowest BCUT2D eigenvalue weighted by atomic mass is 9.88. The van der Waals surface area contributed by atoms with Crippen LogP contribution < -0.4 is 0 Å². The van der Waals surface area contributed by atoms with E-state index in [9.17, 15) is 4.79 Å². The standard InChI is InChI=1S/C22H26ClNO2/c1-3-18(19-7-8-21(23)15(2)9-19)11-16-5-4-6-17(10-16)12-24-13-20(14-24)22(25)26/h4-10,18,20H,3,11-14H2,1-2H3,(H,25,26). The maximum absolute atomic E-state index is 10.9. The van der Waals surface area contributed by atoms with Crippen LogP contribution in [0.2, 0.25) is 5.02 Å². The number of aryl methyl sites for hydroxylation is 1. The van der Waals surface area contributed by atoms with E-state index in [-0.39, 0.29) is 5.92 Å². The molecular formula is C22H26ClNO2. The third kappa shape index (κ3) is 4.46. The summed E-state index contributed by atoms with van der Waals surface area (Å²) in [6.45, 7) is 6.41. The molecule has 3 rings (SSSR count). The number of carbonyl (C=O) groups is 1. The molecule has 1 aliphatic rings. The van der Waals surface area contributed by atoms with Crippen LogP contribution in [0.4, 0.5) is 0 Å². The molecule has 1 atom stereocenters. The quantitative estimate of drug-likeness (QED) is 0.752. The van der Waals surface area contributed by atoms with Crippen molar-refractivity contribution in [2.75, 3.05) is 13.1 Å². The van der Waals surface area contributed by atoms with Gasteiger partial charge in [-0.15, -0.1) is 0 Å². The van der Waals surface area contributed by atoms with E-state index < -0.39 is 5.97 Å². The van der Waals surface area contributed by atoms with Crippen molar-refractivity contribution in [2.24, 2.45) is 5.92 Å². The Morgan fingerprint density at radius 2 is 1.96 bits per heavy atom. The minimum Gasteiger partial charge on any atom is -0.481 e. The third-order valence-corrected chi connectivity index (χ3v) is 5.76. The second-order valence-electron chi connectivity index (χ2n) is 7.37. The van der Waals surface area contributed by atoms with Crippen LogP contribution in [0.3, 0.4) is 0 Å². The van der Waals surface area contributed by atoms with Gasteiger partial charge in [0.05, 0.1) is 5.92 Å². The number of likely N-dealkylation sites (tertiary alicyclic amines) is 1. The van der Waals surface area contributed by atoms with E-state index in [2.05, 4.69) is 55.1 Å². The minimum absolute atomic E-state index is 0.198. The van der Waals surface area contributed by atoms with Crippen LogP contribution in [0, 0.1) is 12.8 Å². The first-order valence-electron chi connectivity index (χ1n) is 9.25. The summed E-state index contributed by atoms with van der Waals surface area (Å²) in [5, 5.41) is 9.82. The number of hydrogen-bond donors (Lipinski definition) is 1. The van der Waals surface area contributed by atoms with Crippen molar-refractivity contribution in [2.45, 2.75) is 39.2 Å². The Hall–Kier alpha value is -1.84. The Morgan fingerprint density at radius 3 is 2.62 bits per heavy atom. The molecule has 1 N–H and O–H groups in total. The summed E-state index contributed by atoms with van der Waals surface area (Å²) < 4.78 is 0. The van der Waals surface area contributed by atoms with Crippen molar-refractivity contribution in [1.82, 2.24) is 4.90 Å². The molecule has 1 unspecified atom stereocenters. The molecule has 2 aromatic carbocycles. The summed E-state index contributed by atoms with van der Waals surface area (Å²) in [6, 6.07) is 15.0. The zero-order chi connectivity index (χ0) is 18.7. The van der Waals surface area contributed by atoms with Gasteiger partial charge in [0.25, 0.3) is 0 Å². The lowest BCUT2D eigenvalue weighted by Gasteiger charge is -2.36. The Balaban J connectivity index is 1.65. The molecule has 0 saturated carbocycles. The molecule has 26 heavy (non-hydrogen) atoms. The number of benzene rings is 2. The molecule has 138 valence electrons. The second kappa shape index (κ2) is 8.24. The topological polar surface area (TPSA) is 40.5 Å². The van der Waals surface area contributed by atoms with Crippen molar-refractivity contribution < 1.29 is 9.90 Å². The third-order valence-electron chi connectivity index (χ3n) is 5.33. The molecule has 1 saturated heterocycles. The zero-order valence-corrected chi connectivity index (χ0v) is 16.2. The Bertz CT molecular complexity index is 783. The first kappa shape index (κ1) is 18.9. The number of hydrogen-bond acceptors (Lipinski definition) is 2. The summed E-state index contributed by atoms with van der Waals surface area (Å²) in [7, 11) is 0. The van der Waals surface area contributed by atoms with Crippen molar-refractivity contribution in [3.63, 3.8) is 0 Å². The number of aliphatic carboxylic acids is 1. The molecular weight excluding hydrogens is 346 g/mol. The lowest BCUT2D eigenvalue weighted by Crippen LogP contribution is -2.49. The molecule has 0 radical (unpaired) electrons. The summed E-state index contributed by atoms with van der Waals surface area (Å²) in [5.41, 5.74) is 5.06. The number of rotatable bonds is 7. The van der Waals surface area contributed by atoms with E-state index in [1.54, 1.807) is 0 Å². The van der Waals surface area contributed by atoms with Gasteiger partial charge in [0.15, 0.2) is 0 Å². The molecule has 0 bridgehead atoms. The molecule has 1 fully saturated rings. The van der Waals surface area contributed by atoms with E-state index in [1.165, 1.54) is 16.7 Å². The van der Waals surface area contributed by atoms with Gasteiger partial charge in [-0.2, -0.15) is 0 Å². The second-order valence-corrected chi connectivity index (χ2v) is 7.77. The van der Waals surface area contributed by atoms with Crippen molar-refractivity contribution in [3.8, 4) is 0 Å². The van der Waals surface area contributed by atoms with Crippen LogP contribution in [-0.4, -0.2) is 29.1 Å². The molecule has 0 aromatic heterocycles. The van der Waals surface area contributed by atoms with Gasteiger partial charge in [0.1, 0.15) is 0 Å². The van der Waals surface area contributed by atoms with Crippen LogP contribution >= 0.6 is 11.6 Å². The van der Waals surface area contributed by atoms with Crippen LogP contribution in [0.25, 0.3) is 0 Å². The highest BCUT2D eigenvalue weighted by Gasteiger charge is 2.32. The van der Waals surface area contributed by atoms with Gasteiger partial charge in [0, 0.05) is 24.7 Å². The van der Waals surface area contributed by atoms with Crippen LogP contribution in [0.5, 0.6) is 0 Å². The van der Waals surface area contributed by atoms with E-state index >= 15 is 0 Å². The Kier molecular flexibility index (Phi) is 6.00. The van der Waals surface area contributed by atoms with Crippen LogP contribution in [0.1, 0.15) is 41.5 Å². The maximum atomic E-state index is 10.9. The van der Waals surface area contributed by atoms with Crippen LogP contribution in [0.15, 0.2) is 42.5 Å². The van der Waals surface area contributed by atoms with E-state index in [0.717, 1.165) is 30.0 Å². The van der Waals surface area contributed by atoms with Crippen molar-refractivity contribution in [1.29, 1.82) is 0 Å². The summed E-state index contributed by atoms with van der Waals surface area (Å²) in [5.74, 6) is -0.406. The molecule has 1 heterocycles. The van der Waals surface area contributed by atoms with E-state index in [0.29, 0.717) is 19.0 Å². The largest absolute Gasteiger partial charge is 0.481 e. The Labute approximate surface area is 160 Å². The van der Waals surface area contributed by atoms with Gasteiger partial charge in [-0.3, -0.25) is 9.69 Å². The predicted molar refractivity (Wildman–Crippen MR) is 106 cm³/mol. The van der Waals surface area contributed by atoms with Crippen molar-refractivity contribution >= 4 is 17.6 Å². The number of nitrogens with zero attached hydrogens (tertiary/aromatic N) is 1. The molecule has 3 nitrogen and oxygen atoms in total. The van der Waals surface area contributed by atoms with Gasteiger partial charge >= 0.3 is 5.97 Å². The molecule has 0 spiro atoms. The fourth-order valence-corrected chi connectivity index (χ4v) is 3.79. The van der Waals surface area contributed by atoms with Gasteiger partial charge in [-0.25, -0.2) is 0 Å². The monoisotopic (exact) mass is 371 g/mol. The first-order chi connectivity index (χ1) is 12.5. The molecule has 0 amide bonds. The normalized spacial score (nSPS) is 16.3. The average Bonchev–Trinajstić information content (AvgIpc) is 2.58. The summed E-state index contributed by atoms with van der Waals surface area (Å²) >= 11 is 6.17. The fourth-order valence-electron chi connectivity index (χ4n) is 3.67. The highest BCUT2D eigenvalue weighted by atomic mass is 35.5. The maximum Gasteiger partial charge on any atom is 0.309 e. The highest BCUT2D eigenvalue weighted by molar-refractivity contribution is 6.31. The van der Waals surface area contributed by atoms with Crippen LogP contribution in [-0.2, 0) is 17.8 Å². The first-order valence-corrected chi connectivity index (χ1v) is 9.63. The number of halogens is 1. The average molecular weight is 372 g/mol. The van der Waals surface area contributed by atoms with Gasteiger partial charge in [0.2, 0.25) is 0 Å². The molecule has 2 aromatic rings. The smallest absolute Gasteiger partial charge is 0.309 e. The van der Waals surface area contributed by atoms with Crippen molar-refractivity contribution in [3.05, 3.63) is 69.7 Å². The zero-order valence-electron chi connectivity index (χ0n) is 15.4. The van der Waals surface area contributed by atoms with Gasteiger partial charge in [-0.05, 0) is 54.0 Å². The highest BCUT2D eigenvalue weighted by Crippen LogP contribution is 2.28. The fraction of sp³-hybridized carbons (Fsp3) is 0.409. The summed E-state index contributed by atoms with van der Waals surface area (Å²) in [6.07, 6.45) is 2.08. The molecule has 4 heteroatoms. The SMILES string of the molecule is CCC(Cc1cccc(CN2CC(C(=O)O)C2)c1)c1ccc(Cl)c(C)c1. The minimum atomic E-state index is -0.681. The summed E-state index contributed by atoms with van der Waals surface area (Å²) in [4.78, 5) is 13.1. The number of carboxylic acid groups (broad SMARTS) is 1. The van der Waals surface area contributed by atoms with E-state index in [1.807, 2.05) is 6.07 Å². The predicted octanol–water partition coefficient (Wildman–Crippen LogP) is 4.90. The lowest BCUT2D eigenvalue weighted by molar-refractivity contribution is -0.147. The number of carboxylic acids is 1. The molecule has 0 aliphatic carbocycles. The Morgan fingerprint density at radius 1 is 1.23 bits per heavy atom.